The summed E-state index contributed by atoms with van der Waals surface area (Å²) in [5.41, 5.74) is 5.22. The smallest absolute Gasteiger partial charge is 0.139 e. The van der Waals surface area contributed by atoms with Gasteiger partial charge < -0.3 is 0 Å². The molecule has 2 aliphatic rings. The minimum absolute atomic E-state index is 0.176. The zero-order chi connectivity index (χ0) is 27.7. The zero-order valence-corrected chi connectivity index (χ0v) is 20.1. The number of aromatic nitrogens is 3. The summed E-state index contributed by atoms with van der Waals surface area (Å²) < 4.78 is 28.4. The highest BCUT2D eigenvalue weighted by Gasteiger charge is 2.32. The molecule has 0 fully saturated rings. The highest BCUT2D eigenvalue weighted by molar-refractivity contribution is 6.08. The number of rotatable bonds is 0. The molecule has 0 saturated carbocycles. The maximum Gasteiger partial charge on any atom is 0.139 e. The van der Waals surface area contributed by atoms with Crippen LogP contribution in [0.15, 0.2) is 65.7 Å². The van der Waals surface area contributed by atoms with E-state index in [-0.39, 0.29) is 22.3 Å². The molecule has 2 aromatic heterocycles. The molecule has 9 heteroatoms. The summed E-state index contributed by atoms with van der Waals surface area (Å²) >= 11 is 0. The highest BCUT2D eigenvalue weighted by Crippen LogP contribution is 2.47. The van der Waals surface area contributed by atoms with E-state index in [0.717, 1.165) is 0 Å². The molecule has 0 N–H and O–H groups in total. The van der Waals surface area contributed by atoms with Crippen LogP contribution in [0.5, 0.6) is 0 Å². The number of pyridine rings is 1. The van der Waals surface area contributed by atoms with Gasteiger partial charge in [-0.25, -0.2) is 23.7 Å². The van der Waals surface area contributed by atoms with Gasteiger partial charge in [0.15, 0.2) is 0 Å². The first-order valence-electron chi connectivity index (χ1n) is 11.8. The lowest BCUT2D eigenvalue weighted by Gasteiger charge is -2.08. The van der Waals surface area contributed by atoms with Crippen molar-refractivity contribution in [3.8, 4) is 46.7 Å². The molecule has 0 amide bonds. The molecule has 0 unspecified atom stereocenters. The van der Waals surface area contributed by atoms with Crippen LogP contribution < -0.4 is 0 Å². The first-order valence-corrected chi connectivity index (χ1v) is 11.8. The van der Waals surface area contributed by atoms with Crippen LogP contribution in [0.25, 0.3) is 55.5 Å². The summed E-state index contributed by atoms with van der Waals surface area (Å²) in [5.74, 6) is -1.03. The van der Waals surface area contributed by atoms with E-state index in [4.69, 9.17) is 15.0 Å². The number of fused-ring (bicyclic) bond motifs is 8. The highest BCUT2D eigenvalue weighted by atomic mass is 19.1. The Balaban J connectivity index is 1.54. The van der Waals surface area contributed by atoms with Crippen LogP contribution in [0, 0.1) is 57.0 Å². The van der Waals surface area contributed by atoms with Gasteiger partial charge in [-0.2, -0.15) is 21.0 Å². The van der Waals surface area contributed by atoms with E-state index in [1.807, 2.05) is 30.3 Å². The lowest BCUT2D eigenvalue weighted by molar-refractivity contribution is 0.627. The molecule has 3 aromatic carbocycles. The van der Waals surface area contributed by atoms with Crippen molar-refractivity contribution in [2.45, 2.75) is 0 Å². The van der Waals surface area contributed by atoms with Crippen molar-refractivity contribution in [2.75, 3.05) is 0 Å². The molecule has 0 bridgehead atoms. The molecule has 182 valence electrons. The van der Waals surface area contributed by atoms with Crippen molar-refractivity contribution >= 4 is 33.1 Å². The molecule has 0 saturated heterocycles. The normalized spacial score (nSPS) is 12.1. The zero-order valence-electron chi connectivity index (χ0n) is 20.1. The summed E-state index contributed by atoms with van der Waals surface area (Å²) in [6.07, 6.45) is 0. The van der Waals surface area contributed by atoms with Crippen molar-refractivity contribution in [2.24, 2.45) is 0 Å². The van der Waals surface area contributed by atoms with Crippen molar-refractivity contribution < 1.29 is 8.78 Å². The van der Waals surface area contributed by atoms with Crippen molar-refractivity contribution in [3.63, 3.8) is 0 Å². The minimum Gasteiger partial charge on any atom is -0.247 e. The van der Waals surface area contributed by atoms with Gasteiger partial charge in [-0.3, -0.25) is 0 Å². The summed E-state index contributed by atoms with van der Waals surface area (Å²) in [6.45, 7) is 0. The van der Waals surface area contributed by atoms with Crippen LogP contribution in [0.2, 0.25) is 0 Å². The van der Waals surface area contributed by atoms with E-state index < -0.39 is 11.6 Å². The van der Waals surface area contributed by atoms with Gasteiger partial charge in [0.2, 0.25) is 0 Å². The third kappa shape index (κ3) is 3.01. The van der Waals surface area contributed by atoms with Crippen LogP contribution in [0.1, 0.15) is 22.5 Å². The van der Waals surface area contributed by atoms with Crippen molar-refractivity contribution in [1.29, 1.82) is 21.0 Å². The second-order valence-electron chi connectivity index (χ2n) is 9.17. The maximum atomic E-state index is 14.2. The molecule has 0 spiro atoms. The number of halogens is 2. The molecule has 7 nitrogen and oxygen atoms in total. The first-order chi connectivity index (χ1) is 19.4. The number of allylic oxidation sites excluding steroid dienone is 2. The van der Waals surface area contributed by atoms with E-state index in [0.29, 0.717) is 66.8 Å². The Morgan fingerprint density at radius 2 is 1.02 bits per heavy atom. The number of nitriles is 4. The Morgan fingerprint density at radius 1 is 0.500 bits per heavy atom. The van der Waals surface area contributed by atoms with Crippen molar-refractivity contribution in [3.05, 3.63) is 99.9 Å². The second-order valence-corrected chi connectivity index (χ2v) is 9.17. The standard InChI is InChI=1S/C31H9F2N7/c32-17-1-3-19-21(7-17)27(15(10-34)11-35)29-23(19)5-14-6-25-26(9-24(14)38-29)39-30-20-4-2-18(33)8-22(20)28(31(30)40-25)16(12-36)13-37/h1-9H. The van der Waals surface area contributed by atoms with Crippen LogP contribution in [-0.2, 0) is 0 Å². The Bertz CT molecular complexity index is 2090. The Hall–Kier alpha value is -6.29. The molecule has 0 atom stereocenters. The van der Waals surface area contributed by atoms with E-state index in [9.17, 15) is 29.8 Å². The summed E-state index contributed by atoms with van der Waals surface area (Å²) in [6, 6.07) is 21.1. The molecule has 5 aromatic rings. The predicted octanol–water partition coefficient (Wildman–Crippen LogP) is 6.12. The SMILES string of the molecule is N#CC(C#N)=C1c2cc(F)ccc2-c2cc3cc4nc5c(nc4cc3nc21)-c1ccc(F)cc1C5=C(C#N)C#N. The van der Waals surface area contributed by atoms with Crippen LogP contribution in [0.4, 0.5) is 8.78 Å². The van der Waals surface area contributed by atoms with Gasteiger partial charge >= 0.3 is 0 Å². The fourth-order valence-corrected chi connectivity index (χ4v) is 5.41. The predicted molar refractivity (Wildman–Crippen MR) is 140 cm³/mol. The third-order valence-corrected chi connectivity index (χ3v) is 7.07. The van der Waals surface area contributed by atoms with Gasteiger partial charge in [-0.05, 0) is 65.2 Å². The fraction of sp³-hybridized carbons (Fsp3) is 0. The monoisotopic (exact) mass is 517 g/mol. The third-order valence-electron chi connectivity index (χ3n) is 7.07. The topological polar surface area (TPSA) is 134 Å². The van der Waals surface area contributed by atoms with Gasteiger partial charge in [0.05, 0.1) is 33.6 Å². The van der Waals surface area contributed by atoms with Crippen LogP contribution >= 0.6 is 0 Å². The van der Waals surface area contributed by atoms with Gasteiger partial charge in [-0.1, -0.05) is 6.07 Å². The average molecular weight is 517 g/mol. The number of hydrogen-bond acceptors (Lipinski definition) is 7. The number of hydrogen-bond donors (Lipinski definition) is 0. The molecular formula is C31H9F2N7. The summed E-state index contributed by atoms with van der Waals surface area (Å²) in [5, 5.41) is 39.1. The largest absolute Gasteiger partial charge is 0.247 e. The molecular weight excluding hydrogens is 508 g/mol. The van der Waals surface area contributed by atoms with E-state index in [1.54, 1.807) is 18.2 Å². The fourth-order valence-electron chi connectivity index (χ4n) is 5.41. The van der Waals surface area contributed by atoms with Gasteiger partial charge in [0, 0.05) is 27.7 Å². The molecule has 2 aliphatic carbocycles. The molecule has 0 radical (unpaired) electrons. The lowest BCUT2D eigenvalue weighted by Crippen LogP contribution is -1.96. The Labute approximate surface area is 224 Å². The Kier molecular flexibility index (Phi) is 4.63. The van der Waals surface area contributed by atoms with Crippen LogP contribution in [0.3, 0.4) is 0 Å². The molecule has 7 rings (SSSR count). The lowest BCUT2D eigenvalue weighted by atomic mass is 10.0. The maximum absolute atomic E-state index is 14.2. The Morgan fingerprint density at radius 3 is 1.68 bits per heavy atom. The minimum atomic E-state index is -0.522. The van der Waals surface area contributed by atoms with Crippen molar-refractivity contribution in [1.82, 2.24) is 15.0 Å². The van der Waals surface area contributed by atoms with Gasteiger partial charge in [-0.15, -0.1) is 0 Å². The summed E-state index contributed by atoms with van der Waals surface area (Å²) in [7, 11) is 0. The van der Waals surface area contributed by atoms with E-state index in [1.165, 1.54) is 30.3 Å². The van der Waals surface area contributed by atoms with Gasteiger partial charge in [0.25, 0.3) is 0 Å². The number of benzene rings is 3. The quantitative estimate of drug-likeness (QED) is 0.175. The number of nitrogens with zero attached hydrogens (tertiary/aromatic N) is 7. The molecule has 0 aliphatic heterocycles. The summed E-state index contributed by atoms with van der Waals surface area (Å²) in [4.78, 5) is 14.3. The van der Waals surface area contributed by atoms with E-state index >= 15 is 0 Å². The second kappa shape index (κ2) is 8.10. The molecule has 40 heavy (non-hydrogen) atoms. The molecule has 2 heterocycles. The van der Waals surface area contributed by atoms with Crippen LogP contribution in [-0.4, -0.2) is 15.0 Å². The average Bonchev–Trinajstić information content (AvgIpc) is 3.42. The first kappa shape index (κ1) is 22.9. The van der Waals surface area contributed by atoms with Gasteiger partial charge in [0.1, 0.15) is 47.1 Å². The van der Waals surface area contributed by atoms with E-state index in [2.05, 4.69) is 0 Å².